The van der Waals surface area contributed by atoms with Crippen LogP contribution in [0.3, 0.4) is 0 Å². The summed E-state index contributed by atoms with van der Waals surface area (Å²) in [7, 11) is 1.57. The highest BCUT2D eigenvalue weighted by Gasteiger charge is 2.15. The van der Waals surface area contributed by atoms with E-state index < -0.39 is 11.1 Å². The van der Waals surface area contributed by atoms with Crippen LogP contribution >= 0.6 is 11.8 Å². The normalized spacial score (nSPS) is 12.4. The topological polar surface area (TPSA) is 118 Å². The molecule has 0 radical (unpaired) electrons. The monoisotopic (exact) mass is 243 g/mol. The number of rotatable bonds is 4. The second-order valence-electron chi connectivity index (χ2n) is 3.17. The molecule has 1 unspecified atom stereocenters. The van der Waals surface area contributed by atoms with E-state index in [9.17, 15) is 9.59 Å². The Morgan fingerprint density at radius 1 is 1.69 bits per heavy atom. The highest BCUT2D eigenvalue weighted by atomic mass is 32.2. The average Bonchev–Trinajstić information content (AvgIpc) is 2.21. The Kier molecular flexibility index (Phi) is 3.88. The van der Waals surface area contributed by atoms with Crippen LogP contribution in [-0.4, -0.2) is 25.9 Å². The Bertz CT molecular complexity index is 506. The summed E-state index contributed by atoms with van der Waals surface area (Å²) in [5, 5.41) is 9.76. The van der Waals surface area contributed by atoms with Gasteiger partial charge in [-0.2, -0.15) is 4.98 Å². The Balaban J connectivity index is 3.06. The van der Waals surface area contributed by atoms with E-state index in [2.05, 4.69) is 10.1 Å². The number of aromatic nitrogens is 3. The van der Waals surface area contributed by atoms with E-state index in [1.807, 2.05) is 6.92 Å². The Morgan fingerprint density at radius 3 is 2.81 bits per heavy atom. The highest BCUT2D eigenvalue weighted by Crippen LogP contribution is 2.20. The highest BCUT2D eigenvalue weighted by molar-refractivity contribution is 8.00. The first-order chi connectivity index (χ1) is 7.45. The van der Waals surface area contributed by atoms with E-state index in [4.69, 9.17) is 11.1 Å². The molecule has 0 saturated carbocycles. The van der Waals surface area contributed by atoms with Gasteiger partial charge in [-0.1, -0.05) is 18.7 Å². The van der Waals surface area contributed by atoms with Gasteiger partial charge in [0.25, 0.3) is 0 Å². The second kappa shape index (κ2) is 4.97. The number of aryl methyl sites for hydroxylation is 1. The molecule has 1 aromatic rings. The molecule has 16 heavy (non-hydrogen) atoms. The van der Waals surface area contributed by atoms with Crippen molar-refractivity contribution in [3.63, 3.8) is 0 Å². The summed E-state index contributed by atoms with van der Waals surface area (Å²) in [5.74, 6) is 0.0212. The van der Waals surface area contributed by atoms with Crippen LogP contribution in [0.1, 0.15) is 13.3 Å². The van der Waals surface area contributed by atoms with E-state index in [-0.39, 0.29) is 11.1 Å². The van der Waals surface area contributed by atoms with E-state index in [0.29, 0.717) is 11.6 Å². The molecule has 0 bridgehead atoms. The second-order valence-corrected chi connectivity index (χ2v) is 4.34. The van der Waals surface area contributed by atoms with Crippen LogP contribution in [-0.2, 0) is 7.05 Å². The molecule has 0 amide bonds. The summed E-state index contributed by atoms with van der Waals surface area (Å²) in [4.78, 5) is 25.6. The number of nitrogens with zero attached hydrogens (tertiary/aromatic N) is 2. The number of hydrogen-bond acceptors (Lipinski definition) is 5. The van der Waals surface area contributed by atoms with Gasteiger partial charge in [0, 0.05) is 7.05 Å². The standard InChI is InChI=1S/C8H13N5O2S/c1-3-4(5(9)10)16-8-11-6(14)7(15)12-13(8)2/h4H,3H2,1-2H3,(H3,9,10)(H,12,15). The van der Waals surface area contributed by atoms with Crippen molar-refractivity contribution in [2.24, 2.45) is 12.8 Å². The maximum atomic E-state index is 11.1. The SMILES string of the molecule is CCC(Sc1nc(=O)c(=O)[nH]n1C)C(=N)N. The summed E-state index contributed by atoms with van der Waals surface area (Å²) in [5.41, 5.74) is 3.79. The van der Waals surface area contributed by atoms with Gasteiger partial charge >= 0.3 is 11.1 Å². The Labute approximate surface area is 95.6 Å². The maximum Gasteiger partial charge on any atom is 0.339 e. The van der Waals surface area contributed by atoms with Crippen LogP contribution in [0.4, 0.5) is 0 Å². The molecule has 1 atom stereocenters. The minimum Gasteiger partial charge on any atom is -0.387 e. The smallest absolute Gasteiger partial charge is 0.339 e. The molecule has 88 valence electrons. The predicted octanol–water partition coefficient (Wildman–Crippen LogP) is -0.725. The molecule has 4 N–H and O–H groups in total. The lowest BCUT2D eigenvalue weighted by molar-refractivity contribution is 0.595. The molecule has 0 spiro atoms. The fraction of sp³-hybridized carbons (Fsp3) is 0.500. The average molecular weight is 243 g/mol. The van der Waals surface area contributed by atoms with Crippen LogP contribution < -0.4 is 16.9 Å². The van der Waals surface area contributed by atoms with Gasteiger partial charge in [0.05, 0.1) is 5.25 Å². The largest absolute Gasteiger partial charge is 0.387 e. The quantitative estimate of drug-likeness (QED) is 0.279. The third-order valence-electron chi connectivity index (χ3n) is 1.91. The van der Waals surface area contributed by atoms with Crippen LogP contribution in [0.15, 0.2) is 14.7 Å². The molecule has 1 aromatic heterocycles. The molecule has 1 rings (SSSR count). The van der Waals surface area contributed by atoms with Crippen molar-refractivity contribution in [1.82, 2.24) is 14.8 Å². The molecule has 0 fully saturated rings. The third-order valence-corrected chi connectivity index (χ3v) is 3.36. The number of hydrogen-bond donors (Lipinski definition) is 3. The third kappa shape index (κ3) is 2.72. The van der Waals surface area contributed by atoms with Crippen molar-refractivity contribution >= 4 is 17.6 Å². The van der Waals surface area contributed by atoms with Gasteiger partial charge in [-0.3, -0.25) is 24.8 Å². The number of nitrogens with two attached hydrogens (primary N) is 1. The first-order valence-corrected chi connectivity index (χ1v) is 5.51. The zero-order valence-corrected chi connectivity index (χ0v) is 9.80. The van der Waals surface area contributed by atoms with Gasteiger partial charge in [0.2, 0.25) is 0 Å². The minimum atomic E-state index is -0.834. The van der Waals surface area contributed by atoms with Crippen molar-refractivity contribution < 1.29 is 0 Å². The molecule has 0 aliphatic carbocycles. The van der Waals surface area contributed by atoms with Gasteiger partial charge in [0.1, 0.15) is 5.84 Å². The summed E-state index contributed by atoms with van der Waals surface area (Å²) in [6.45, 7) is 1.88. The van der Waals surface area contributed by atoms with Crippen molar-refractivity contribution in [1.29, 1.82) is 5.41 Å². The first-order valence-electron chi connectivity index (χ1n) is 4.63. The molecular formula is C8H13N5O2S. The van der Waals surface area contributed by atoms with Gasteiger partial charge in [-0.25, -0.2) is 0 Å². The van der Waals surface area contributed by atoms with Gasteiger partial charge in [-0.15, -0.1) is 0 Å². The molecule has 0 aliphatic rings. The van der Waals surface area contributed by atoms with Crippen molar-refractivity contribution in [3.8, 4) is 0 Å². The van der Waals surface area contributed by atoms with E-state index in [0.717, 1.165) is 0 Å². The lowest BCUT2D eigenvalue weighted by Crippen LogP contribution is -2.35. The van der Waals surface area contributed by atoms with Crippen LogP contribution in [0.25, 0.3) is 0 Å². The van der Waals surface area contributed by atoms with Gasteiger partial charge in [-0.05, 0) is 6.42 Å². The van der Waals surface area contributed by atoms with Crippen LogP contribution in [0, 0.1) is 5.41 Å². The molecule has 0 saturated heterocycles. The molecule has 7 nitrogen and oxygen atoms in total. The minimum absolute atomic E-state index is 0.0212. The fourth-order valence-corrected chi connectivity index (χ4v) is 1.95. The molecule has 8 heteroatoms. The van der Waals surface area contributed by atoms with Gasteiger partial charge < -0.3 is 5.73 Å². The molecule has 0 aromatic carbocycles. The molecule has 1 heterocycles. The van der Waals surface area contributed by atoms with E-state index in [1.54, 1.807) is 7.05 Å². The number of aromatic amines is 1. The fourth-order valence-electron chi connectivity index (χ4n) is 1.06. The first kappa shape index (κ1) is 12.5. The Hall–Kier alpha value is -1.57. The molecule has 0 aliphatic heterocycles. The lowest BCUT2D eigenvalue weighted by atomic mass is 10.3. The summed E-state index contributed by atoms with van der Waals surface area (Å²) in [6.07, 6.45) is 0.648. The summed E-state index contributed by atoms with van der Waals surface area (Å²) < 4.78 is 1.35. The zero-order valence-electron chi connectivity index (χ0n) is 8.98. The number of nitrogens with one attached hydrogen (secondary N) is 2. The number of amidine groups is 1. The number of thioether (sulfide) groups is 1. The zero-order chi connectivity index (χ0) is 12.3. The number of H-pyrrole nitrogens is 1. The predicted molar refractivity (Wildman–Crippen MR) is 61.9 cm³/mol. The van der Waals surface area contributed by atoms with Crippen molar-refractivity contribution in [2.75, 3.05) is 0 Å². The summed E-state index contributed by atoms with van der Waals surface area (Å²) in [6, 6.07) is 0. The van der Waals surface area contributed by atoms with Crippen LogP contribution in [0.5, 0.6) is 0 Å². The van der Waals surface area contributed by atoms with Crippen molar-refractivity contribution in [2.45, 2.75) is 23.8 Å². The van der Waals surface area contributed by atoms with E-state index >= 15 is 0 Å². The summed E-state index contributed by atoms with van der Waals surface area (Å²) >= 11 is 1.18. The maximum absolute atomic E-state index is 11.1. The van der Waals surface area contributed by atoms with Gasteiger partial charge in [0.15, 0.2) is 5.16 Å². The van der Waals surface area contributed by atoms with E-state index in [1.165, 1.54) is 16.4 Å². The van der Waals surface area contributed by atoms with Crippen molar-refractivity contribution in [3.05, 3.63) is 20.7 Å². The lowest BCUT2D eigenvalue weighted by Gasteiger charge is -2.13. The molecular weight excluding hydrogens is 230 g/mol. The Morgan fingerprint density at radius 2 is 2.31 bits per heavy atom. The van der Waals surface area contributed by atoms with Crippen LogP contribution in [0.2, 0.25) is 0 Å².